The normalized spacial score (nSPS) is 15.3. The third kappa shape index (κ3) is 15.5. The Balaban J connectivity index is 1.62. The van der Waals surface area contributed by atoms with Gasteiger partial charge in [-0.2, -0.15) is 0 Å². The van der Waals surface area contributed by atoms with Crippen LogP contribution in [-0.4, -0.2) is 55.2 Å². The fraction of sp³-hybridized carbons (Fsp3) is 0.547. The molecule has 0 spiro atoms. The molecule has 3 aromatic carbocycles. The SMILES string of the molecule is C=C(C)CC(=O)OCCCc1cc(-c2ccc(-c3ccc(C4CCC(CCCCC)CC4)cc3)cc2F)cc(CCCOC(=O)C(=C)C)c1OCCC(CO)(CO)CCCC. The first-order valence-corrected chi connectivity index (χ1v) is 23.0. The zero-order valence-electron chi connectivity index (χ0n) is 37.6. The maximum absolute atomic E-state index is 16.4. The summed E-state index contributed by atoms with van der Waals surface area (Å²) in [6.45, 7) is 15.5. The van der Waals surface area contributed by atoms with Gasteiger partial charge in [-0.05, 0) is 141 Å². The molecule has 0 bridgehead atoms. The number of esters is 2. The third-order valence-corrected chi connectivity index (χ3v) is 12.4. The number of aryl methyl sites for hydroxylation is 2. The van der Waals surface area contributed by atoms with Crippen molar-refractivity contribution < 1.29 is 38.4 Å². The van der Waals surface area contributed by atoms with E-state index in [0.717, 1.165) is 46.6 Å². The first kappa shape index (κ1) is 49.4. The van der Waals surface area contributed by atoms with Crippen molar-refractivity contribution in [3.05, 3.63) is 101 Å². The fourth-order valence-electron chi connectivity index (χ4n) is 8.52. The van der Waals surface area contributed by atoms with Gasteiger partial charge in [-0.15, -0.1) is 0 Å². The summed E-state index contributed by atoms with van der Waals surface area (Å²) in [7, 11) is 0. The molecule has 3 aromatic rings. The number of benzene rings is 3. The van der Waals surface area contributed by atoms with Gasteiger partial charge in [-0.3, -0.25) is 4.79 Å². The number of aliphatic hydroxyl groups excluding tert-OH is 2. The Labute approximate surface area is 365 Å². The van der Waals surface area contributed by atoms with Gasteiger partial charge in [0.1, 0.15) is 11.6 Å². The van der Waals surface area contributed by atoms with E-state index in [2.05, 4.69) is 51.3 Å². The van der Waals surface area contributed by atoms with E-state index in [1.54, 1.807) is 19.9 Å². The maximum atomic E-state index is 16.4. The first-order valence-electron chi connectivity index (χ1n) is 23.0. The average Bonchev–Trinajstić information content (AvgIpc) is 3.25. The minimum atomic E-state index is -0.678. The predicted molar refractivity (Wildman–Crippen MR) is 245 cm³/mol. The van der Waals surface area contributed by atoms with Gasteiger partial charge in [-0.1, -0.05) is 108 Å². The van der Waals surface area contributed by atoms with E-state index >= 15 is 4.39 Å². The van der Waals surface area contributed by atoms with Crippen LogP contribution in [-0.2, 0) is 31.9 Å². The van der Waals surface area contributed by atoms with E-state index in [-0.39, 0.29) is 51.2 Å². The van der Waals surface area contributed by atoms with E-state index < -0.39 is 11.4 Å². The van der Waals surface area contributed by atoms with Crippen LogP contribution in [0.3, 0.4) is 0 Å². The highest BCUT2D eigenvalue weighted by molar-refractivity contribution is 5.86. The van der Waals surface area contributed by atoms with Crippen LogP contribution in [0.1, 0.15) is 147 Å². The monoisotopic (exact) mass is 841 g/mol. The van der Waals surface area contributed by atoms with Gasteiger partial charge in [0.15, 0.2) is 0 Å². The minimum Gasteiger partial charge on any atom is -0.493 e. The van der Waals surface area contributed by atoms with Crippen molar-refractivity contribution in [2.45, 2.75) is 143 Å². The third-order valence-electron chi connectivity index (χ3n) is 12.4. The number of aliphatic hydroxyl groups is 2. The molecule has 0 aromatic heterocycles. The van der Waals surface area contributed by atoms with Gasteiger partial charge >= 0.3 is 11.9 Å². The smallest absolute Gasteiger partial charge is 0.333 e. The second-order valence-corrected chi connectivity index (χ2v) is 17.6. The topological polar surface area (TPSA) is 102 Å². The Kier molecular flexibility index (Phi) is 20.7. The number of rotatable bonds is 27. The van der Waals surface area contributed by atoms with Crippen LogP contribution >= 0.6 is 0 Å². The highest BCUT2D eigenvalue weighted by atomic mass is 19.1. The average molecular weight is 841 g/mol. The number of hydrogen-bond acceptors (Lipinski definition) is 7. The van der Waals surface area contributed by atoms with E-state index in [1.807, 2.05) is 24.3 Å². The molecule has 2 N–H and O–H groups in total. The van der Waals surface area contributed by atoms with E-state index in [9.17, 15) is 19.8 Å². The van der Waals surface area contributed by atoms with Crippen LogP contribution < -0.4 is 4.74 Å². The molecular weight excluding hydrogens is 768 g/mol. The molecule has 334 valence electrons. The summed E-state index contributed by atoms with van der Waals surface area (Å²) >= 11 is 0. The zero-order chi connectivity index (χ0) is 44.2. The number of carbonyl (C=O) groups is 2. The van der Waals surface area contributed by atoms with Gasteiger partial charge < -0.3 is 24.4 Å². The molecule has 1 fully saturated rings. The van der Waals surface area contributed by atoms with Gasteiger partial charge in [-0.25, -0.2) is 9.18 Å². The van der Waals surface area contributed by atoms with Crippen LogP contribution in [0.15, 0.2) is 78.9 Å². The molecular formula is C53H73FO7. The largest absolute Gasteiger partial charge is 0.493 e. The molecule has 0 unspecified atom stereocenters. The van der Waals surface area contributed by atoms with Crippen LogP contribution in [0.25, 0.3) is 22.3 Å². The molecule has 0 atom stereocenters. The molecule has 61 heavy (non-hydrogen) atoms. The van der Waals surface area contributed by atoms with Crippen LogP contribution in [0.4, 0.5) is 4.39 Å². The second kappa shape index (κ2) is 25.6. The predicted octanol–water partition coefficient (Wildman–Crippen LogP) is 12.4. The number of hydrogen-bond donors (Lipinski definition) is 2. The lowest BCUT2D eigenvalue weighted by Gasteiger charge is -2.30. The zero-order valence-corrected chi connectivity index (χ0v) is 37.6. The summed E-state index contributed by atoms with van der Waals surface area (Å²) in [5.41, 5.74) is 6.29. The summed E-state index contributed by atoms with van der Waals surface area (Å²) in [5.74, 6) is 0.939. The van der Waals surface area contributed by atoms with Crippen molar-refractivity contribution in [2.24, 2.45) is 11.3 Å². The summed E-state index contributed by atoms with van der Waals surface area (Å²) < 4.78 is 33.9. The second-order valence-electron chi connectivity index (χ2n) is 17.6. The van der Waals surface area contributed by atoms with Gasteiger partial charge in [0, 0.05) is 16.6 Å². The molecule has 7 nitrogen and oxygen atoms in total. The van der Waals surface area contributed by atoms with Crippen molar-refractivity contribution >= 4 is 11.9 Å². The number of ether oxygens (including phenoxy) is 3. The summed E-state index contributed by atoms with van der Waals surface area (Å²) in [6, 6.07) is 18.0. The van der Waals surface area contributed by atoms with Crippen molar-refractivity contribution in [2.75, 3.05) is 33.0 Å². The summed E-state index contributed by atoms with van der Waals surface area (Å²) in [4.78, 5) is 24.5. The molecule has 1 aliphatic carbocycles. The van der Waals surface area contributed by atoms with Crippen LogP contribution in [0, 0.1) is 17.2 Å². The lowest BCUT2D eigenvalue weighted by Crippen LogP contribution is -2.32. The van der Waals surface area contributed by atoms with E-state index in [0.29, 0.717) is 66.9 Å². The minimum absolute atomic E-state index is 0.152. The molecule has 0 heterocycles. The van der Waals surface area contributed by atoms with Crippen molar-refractivity contribution in [1.29, 1.82) is 0 Å². The molecule has 1 aliphatic rings. The van der Waals surface area contributed by atoms with Gasteiger partial charge in [0.2, 0.25) is 0 Å². The maximum Gasteiger partial charge on any atom is 0.333 e. The Bertz CT molecular complexity index is 1850. The van der Waals surface area contributed by atoms with Crippen molar-refractivity contribution in [1.82, 2.24) is 0 Å². The van der Waals surface area contributed by atoms with Crippen molar-refractivity contribution in [3.8, 4) is 28.0 Å². The van der Waals surface area contributed by atoms with E-state index in [4.69, 9.17) is 14.2 Å². The quantitative estimate of drug-likeness (QED) is 0.0341. The Morgan fingerprint density at radius 3 is 1.93 bits per heavy atom. The molecule has 0 radical (unpaired) electrons. The molecule has 0 amide bonds. The first-order chi connectivity index (χ1) is 29.4. The van der Waals surface area contributed by atoms with Crippen LogP contribution in [0.2, 0.25) is 0 Å². The van der Waals surface area contributed by atoms with E-state index in [1.165, 1.54) is 56.9 Å². The number of halogens is 1. The van der Waals surface area contributed by atoms with Crippen molar-refractivity contribution in [3.63, 3.8) is 0 Å². The summed E-state index contributed by atoms with van der Waals surface area (Å²) in [6.07, 6.45) is 15.4. The molecule has 4 rings (SSSR count). The highest BCUT2D eigenvalue weighted by Crippen LogP contribution is 2.40. The Morgan fingerprint density at radius 2 is 1.36 bits per heavy atom. The Morgan fingerprint density at radius 1 is 0.738 bits per heavy atom. The summed E-state index contributed by atoms with van der Waals surface area (Å²) in [5, 5.41) is 20.6. The lowest BCUT2D eigenvalue weighted by atomic mass is 9.77. The molecule has 0 saturated heterocycles. The molecule has 0 aliphatic heterocycles. The number of unbranched alkanes of at least 4 members (excludes halogenated alkanes) is 3. The lowest BCUT2D eigenvalue weighted by molar-refractivity contribution is -0.143. The van der Waals surface area contributed by atoms with Gasteiger partial charge in [0.25, 0.3) is 0 Å². The van der Waals surface area contributed by atoms with Gasteiger partial charge in [0.05, 0.1) is 39.5 Å². The highest BCUT2D eigenvalue weighted by Gasteiger charge is 2.29. The molecule has 8 heteroatoms. The standard InChI is InChI=1S/C53H73FO7/c1-7-9-11-14-40-17-19-41(20-18-40)42-21-23-43(24-22-42)44-25-26-48(49(54)35-44)47-33-45(15-12-29-59-50(57)32-38(3)4)51(46(34-47)16-13-30-61-52(58)39(5)6)60-31-28-53(36-55,37-56)27-10-8-2/h21-26,33-35,40-41,55-56H,3,5,7-20,27-32,36-37H2,1-2,4,6H3. The number of carbonyl (C=O) groups excluding carboxylic acids is 2. The molecule has 1 saturated carbocycles. The Hall–Kier alpha value is -4.27. The fourth-order valence-corrected chi connectivity index (χ4v) is 8.52. The van der Waals surface area contributed by atoms with Crippen LogP contribution in [0.5, 0.6) is 5.75 Å².